The highest BCUT2D eigenvalue weighted by atomic mass is 19.1. The summed E-state index contributed by atoms with van der Waals surface area (Å²) in [6.45, 7) is 14.2. The second-order valence-corrected chi connectivity index (χ2v) is 10.9. The van der Waals surface area contributed by atoms with E-state index in [1.165, 1.54) is 13.0 Å². The number of ether oxygens (including phenoxy) is 2. The number of carbonyl (C=O) groups excluding carboxylic acids is 2. The van der Waals surface area contributed by atoms with Gasteiger partial charge >= 0.3 is 12.1 Å². The number of likely N-dealkylation sites (tertiary alicyclic amines) is 1. The Labute approximate surface area is 242 Å². The van der Waals surface area contributed by atoms with Crippen LogP contribution in [0.2, 0.25) is 0 Å². The molecule has 0 bridgehead atoms. The maximum Gasteiger partial charge on any atom is 0.410 e. The molecule has 2 atom stereocenters. The van der Waals surface area contributed by atoms with Gasteiger partial charge in [0.1, 0.15) is 23.5 Å². The lowest BCUT2D eigenvalue weighted by Crippen LogP contribution is -2.37. The molecule has 10 heteroatoms. The zero-order chi connectivity index (χ0) is 30.4. The summed E-state index contributed by atoms with van der Waals surface area (Å²) in [7, 11) is 0. The van der Waals surface area contributed by atoms with Gasteiger partial charge in [-0.05, 0) is 66.9 Å². The van der Waals surface area contributed by atoms with Crippen molar-refractivity contribution in [3.8, 4) is 0 Å². The highest BCUT2D eigenvalue weighted by molar-refractivity contribution is 5.68. The first-order valence-electron chi connectivity index (χ1n) is 14.0. The van der Waals surface area contributed by atoms with Gasteiger partial charge in [-0.2, -0.15) is 0 Å². The predicted molar refractivity (Wildman–Crippen MR) is 156 cm³/mol. The molecule has 1 saturated heterocycles. The Hall–Kier alpha value is -3.69. The molecule has 2 unspecified atom stereocenters. The Morgan fingerprint density at radius 3 is 2.59 bits per heavy atom. The number of oxazole rings is 1. The standard InChI is InChI=1S/C27H36FN3O4.C4H8O2/c1-19-18-33-25(30-19)20(2)24(35-29-17-21-9-6-12-23(28)13-7-10-21)22-11-8-15-31(16-14-22)26(32)34-27(3,4)5;1-3-6-4(2)5/h6-7,9-10,12,17-18,21-22H,8,11,13-16H2,1-5H3;3H2,1-2H3/b9-6?,10-7-,23-12+,24-20+,29-17+;. The van der Waals surface area contributed by atoms with Gasteiger partial charge in [0.25, 0.3) is 0 Å². The lowest BCUT2D eigenvalue weighted by Gasteiger charge is -2.26. The molecule has 1 aromatic heterocycles. The zero-order valence-corrected chi connectivity index (χ0v) is 25.3. The topological polar surface area (TPSA) is 103 Å². The number of carbonyl (C=O) groups is 2. The van der Waals surface area contributed by atoms with Crippen molar-refractivity contribution in [2.24, 2.45) is 17.0 Å². The first-order chi connectivity index (χ1) is 19.4. The Balaban J connectivity index is 0.000000883. The number of allylic oxidation sites excluding steroid dienone is 8. The molecule has 0 radical (unpaired) electrons. The molecular formula is C31H44FN3O6. The number of aromatic nitrogens is 1. The van der Waals surface area contributed by atoms with Gasteiger partial charge in [-0.1, -0.05) is 29.5 Å². The highest BCUT2D eigenvalue weighted by Gasteiger charge is 2.29. The van der Waals surface area contributed by atoms with E-state index in [0.717, 1.165) is 24.1 Å². The number of halogens is 1. The van der Waals surface area contributed by atoms with Crippen LogP contribution in [0.1, 0.15) is 78.8 Å². The number of esters is 1. The minimum atomic E-state index is -0.535. The summed E-state index contributed by atoms with van der Waals surface area (Å²) < 4.78 is 29.0. The van der Waals surface area contributed by atoms with Crippen molar-refractivity contribution >= 4 is 23.9 Å². The largest absolute Gasteiger partial charge is 0.466 e. The van der Waals surface area contributed by atoms with E-state index < -0.39 is 5.60 Å². The SMILES string of the molecule is C/C(=C(\O/N=C/C1C=C/C=C(/F)C/C=C\1)C1CCCN(C(=O)OC(C)(C)C)CC1)c1nc(C)co1.CCOC(C)=O. The molecule has 1 aliphatic heterocycles. The smallest absolute Gasteiger partial charge is 0.410 e. The van der Waals surface area contributed by atoms with E-state index in [1.807, 2.05) is 46.8 Å². The molecule has 1 aliphatic carbocycles. The van der Waals surface area contributed by atoms with Crippen molar-refractivity contribution < 1.29 is 32.7 Å². The summed E-state index contributed by atoms with van der Waals surface area (Å²) >= 11 is 0. The van der Waals surface area contributed by atoms with Crippen molar-refractivity contribution in [1.29, 1.82) is 0 Å². The van der Waals surface area contributed by atoms with Crippen LogP contribution in [0.3, 0.4) is 0 Å². The van der Waals surface area contributed by atoms with Crippen LogP contribution in [0.25, 0.3) is 5.57 Å². The molecule has 226 valence electrons. The second-order valence-electron chi connectivity index (χ2n) is 10.9. The third-order valence-corrected chi connectivity index (χ3v) is 6.07. The van der Waals surface area contributed by atoms with Crippen molar-refractivity contribution in [3.63, 3.8) is 0 Å². The summed E-state index contributed by atoms with van der Waals surface area (Å²) in [5, 5.41) is 4.27. The summed E-state index contributed by atoms with van der Waals surface area (Å²) in [5.41, 5.74) is 1.02. The fourth-order valence-electron chi connectivity index (χ4n) is 4.17. The Morgan fingerprint density at radius 2 is 1.98 bits per heavy atom. The van der Waals surface area contributed by atoms with Crippen LogP contribution >= 0.6 is 0 Å². The number of amides is 1. The van der Waals surface area contributed by atoms with E-state index in [1.54, 1.807) is 36.5 Å². The quantitative estimate of drug-likeness (QED) is 0.116. The maximum absolute atomic E-state index is 13.4. The summed E-state index contributed by atoms with van der Waals surface area (Å²) in [4.78, 5) is 34.6. The molecule has 1 aromatic rings. The average Bonchev–Trinajstić information content (AvgIpc) is 3.15. The van der Waals surface area contributed by atoms with Crippen LogP contribution in [0.15, 0.2) is 57.8 Å². The van der Waals surface area contributed by atoms with Crippen LogP contribution in [-0.2, 0) is 19.1 Å². The molecule has 0 saturated carbocycles. The minimum absolute atomic E-state index is 0.0345. The fraction of sp³-hybridized carbons (Fsp3) is 0.548. The summed E-state index contributed by atoms with van der Waals surface area (Å²) in [6.07, 6.45) is 14.2. The minimum Gasteiger partial charge on any atom is -0.466 e. The first kappa shape index (κ1) is 33.5. The summed E-state index contributed by atoms with van der Waals surface area (Å²) in [6, 6.07) is 0. The number of oxime groups is 1. The molecule has 2 aliphatic rings. The number of hydrogen-bond acceptors (Lipinski definition) is 8. The molecular weight excluding hydrogens is 529 g/mol. The molecule has 0 spiro atoms. The molecule has 1 amide bonds. The molecule has 0 N–H and O–H groups in total. The maximum atomic E-state index is 13.4. The van der Waals surface area contributed by atoms with Gasteiger partial charge in [0.15, 0.2) is 0 Å². The summed E-state index contributed by atoms with van der Waals surface area (Å²) in [5.74, 6) is 0.706. The van der Waals surface area contributed by atoms with Gasteiger partial charge in [-0.25, -0.2) is 14.2 Å². The Kier molecular flexibility index (Phi) is 13.5. The molecule has 1 fully saturated rings. The third-order valence-electron chi connectivity index (χ3n) is 6.07. The predicted octanol–water partition coefficient (Wildman–Crippen LogP) is 7.31. The van der Waals surface area contributed by atoms with E-state index in [-0.39, 0.29) is 36.1 Å². The van der Waals surface area contributed by atoms with Crippen LogP contribution < -0.4 is 0 Å². The molecule has 0 aromatic carbocycles. The van der Waals surface area contributed by atoms with Gasteiger partial charge in [-0.3, -0.25) is 4.79 Å². The van der Waals surface area contributed by atoms with E-state index in [0.29, 0.717) is 37.8 Å². The number of hydrogen-bond donors (Lipinski definition) is 0. The zero-order valence-electron chi connectivity index (χ0n) is 25.3. The van der Waals surface area contributed by atoms with Crippen LogP contribution in [-0.4, -0.2) is 53.5 Å². The highest BCUT2D eigenvalue weighted by Crippen LogP contribution is 2.32. The van der Waals surface area contributed by atoms with E-state index in [9.17, 15) is 14.0 Å². The monoisotopic (exact) mass is 573 g/mol. The Bertz CT molecular complexity index is 1160. The van der Waals surface area contributed by atoms with Crippen molar-refractivity contribution in [2.45, 2.75) is 79.8 Å². The number of nitrogens with zero attached hydrogens (tertiary/aromatic N) is 3. The van der Waals surface area contributed by atoms with E-state index in [2.05, 4.69) is 14.9 Å². The molecule has 9 nitrogen and oxygen atoms in total. The lowest BCUT2D eigenvalue weighted by molar-refractivity contribution is -0.140. The molecule has 41 heavy (non-hydrogen) atoms. The van der Waals surface area contributed by atoms with Gasteiger partial charge < -0.3 is 23.6 Å². The lowest BCUT2D eigenvalue weighted by atomic mass is 9.95. The van der Waals surface area contributed by atoms with Crippen molar-refractivity contribution in [1.82, 2.24) is 9.88 Å². The van der Waals surface area contributed by atoms with E-state index in [4.69, 9.17) is 14.0 Å². The van der Waals surface area contributed by atoms with Gasteiger partial charge in [0, 0.05) is 38.3 Å². The van der Waals surface area contributed by atoms with Crippen LogP contribution in [0, 0.1) is 18.8 Å². The van der Waals surface area contributed by atoms with E-state index >= 15 is 0 Å². The molecule has 3 rings (SSSR count). The first-order valence-corrected chi connectivity index (χ1v) is 14.0. The Morgan fingerprint density at radius 1 is 1.22 bits per heavy atom. The number of rotatable bonds is 6. The normalized spacial score (nSPS) is 22.1. The van der Waals surface area contributed by atoms with Gasteiger partial charge in [-0.15, -0.1) is 0 Å². The van der Waals surface area contributed by atoms with Crippen LogP contribution in [0.4, 0.5) is 9.18 Å². The van der Waals surface area contributed by atoms with Crippen LogP contribution in [0.5, 0.6) is 0 Å². The van der Waals surface area contributed by atoms with Crippen molar-refractivity contribution in [2.75, 3.05) is 19.7 Å². The number of aryl methyl sites for hydroxylation is 1. The average molecular weight is 574 g/mol. The molecule has 2 heterocycles. The fourth-order valence-corrected chi connectivity index (χ4v) is 4.17. The second kappa shape index (κ2) is 16.5. The van der Waals surface area contributed by atoms with Gasteiger partial charge in [0.05, 0.1) is 24.1 Å². The van der Waals surface area contributed by atoms with Crippen molar-refractivity contribution in [3.05, 3.63) is 59.8 Å². The van der Waals surface area contributed by atoms with Gasteiger partial charge in [0.2, 0.25) is 5.89 Å². The third kappa shape index (κ3) is 12.6.